The lowest BCUT2D eigenvalue weighted by molar-refractivity contribution is -0.137. The minimum Gasteiger partial charge on any atom is -0.313 e. The molecule has 0 fully saturated rings. The number of alkyl halides is 5. The molecule has 0 atom stereocenters. The summed E-state index contributed by atoms with van der Waals surface area (Å²) in [6.07, 6.45) is -3.26. The third-order valence-corrected chi connectivity index (χ3v) is 5.36. The summed E-state index contributed by atoms with van der Waals surface area (Å²) in [5.41, 5.74) is -1.68. The number of nitrogens with zero attached hydrogens (tertiary/aromatic N) is 5. The van der Waals surface area contributed by atoms with E-state index in [1.54, 1.807) is 24.3 Å². The van der Waals surface area contributed by atoms with Crippen LogP contribution in [-0.2, 0) is 6.18 Å². The molecule has 0 saturated heterocycles. The number of hydrogen-bond acceptors (Lipinski definition) is 5. The van der Waals surface area contributed by atoms with Gasteiger partial charge in [-0.3, -0.25) is 0 Å². The van der Waals surface area contributed by atoms with E-state index in [0.29, 0.717) is 18.0 Å². The van der Waals surface area contributed by atoms with Crippen LogP contribution >= 0.6 is 35.0 Å². The zero-order valence-electron chi connectivity index (χ0n) is 15.3. The summed E-state index contributed by atoms with van der Waals surface area (Å²) in [5.74, 6) is -2.67. The van der Waals surface area contributed by atoms with Gasteiger partial charge in [-0.25, -0.2) is 9.67 Å². The molecule has 13 heteroatoms. The lowest BCUT2D eigenvalue weighted by Crippen LogP contribution is -2.17. The Morgan fingerprint density at radius 1 is 1.19 bits per heavy atom. The molecule has 0 N–H and O–H groups in total. The van der Waals surface area contributed by atoms with E-state index < -0.39 is 27.5 Å². The molecule has 3 rings (SSSR count). The average molecular weight is 494 g/mol. The second-order valence-corrected chi connectivity index (χ2v) is 7.75. The number of hydrogen-bond donors (Lipinski definition) is 0. The smallest absolute Gasteiger partial charge is 0.313 e. The maximum atomic E-state index is 13.2. The first-order valence-electron chi connectivity index (χ1n) is 8.24. The third kappa shape index (κ3) is 4.71. The minimum absolute atomic E-state index is 0.0591. The molecule has 31 heavy (non-hydrogen) atoms. The van der Waals surface area contributed by atoms with Crippen LogP contribution in [0.25, 0.3) is 5.69 Å². The Balaban J connectivity index is 2.31. The highest BCUT2D eigenvalue weighted by molar-refractivity contribution is 7.99. The summed E-state index contributed by atoms with van der Waals surface area (Å²) in [5, 5.41) is 12.6. The Morgan fingerprint density at radius 3 is 2.32 bits per heavy atom. The van der Waals surface area contributed by atoms with Gasteiger partial charge >= 0.3 is 6.18 Å². The molecule has 0 radical (unpaired) electrons. The second kappa shape index (κ2) is 8.90. The van der Waals surface area contributed by atoms with E-state index in [2.05, 4.69) is 10.1 Å². The Kier molecular flexibility index (Phi) is 6.64. The van der Waals surface area contributed by atoms with Gasteiger partial charge in [-0.2, -0.15) is 32.3 Å². The van der Waals surface area contributed by atoms with Gasteiger partial charge in [0.25, 0.3) is 5.76 Å². The summed E-state index contributed by atoms with van der Waals surface area (Å²) < 4.78 is 66.7. The first-order valence-corrected chi connectivity index (χ1v) is 9.87. The van der Waals surface area contributed by atoms with E-state index >= 15 is 0 Å². The molecular weight excluding hydrogens is 484 g/mol. The van der Waals surface area contributed by atoms with Crippen molar-refractivity contribution in [2.75, 3.05) is 11.9 Å². The van der Waals surface area contributed by atoms with Crippen LogP contribution in [0, 0.1) is 11.3 Å². The number of anilines is 2. The number of benzene rings is 1. The Labute approximate surface area is 187 Å². The highest BCUT2D eigenvalue weighted by Crippen LogP contribution is 2.44. The summed E-state index contributed by atoms with van der Waals surface area (Å²) in [6, 6.07) is 7.83. The van der Waals surface area contributed by atoms with Crippen LogP contribution in [0.5, 0.6) is 0 Å². The molecule has 162 valence electrons. The lowest BCUT2D eigenvalue weighted by Gasteiger charge is -2.22. The van der Waals surface area contributed by atoms with Gasteiger partial charge in [-0.15, -0.1) is 0 Å². The molecule has 0 spiro atoms. The van der Waals surface area contributed by atoms with Crippen LogP contribution in [0.15, 0.2) is 41.4 Å². The molecule has 2 aromatic heterocycles. The van der Waals surface area contributed by atoms with Crippen molar-refractivity contribution in [2.24, 2.45) is 0 Å². The SMILES string of the molecule is CN(c1ccccn1)c1c(SC(F)F)c(C#N)nn1-c1c(Cl)cc(C(F)(F)F)cc1Cl. The third-order valence-electron chi connectivity index (χ3n) is 4.00. The molecule has 0 aliphatic carbocycles. The van der Waals surface area contributed by atoms with Crippen LogP contribution in [0.4, 0.5) is 33.6 Å². The van der Waals surface area contributed by atoms with Gasteiger partial charge in [-0.05, 0) is 36.0 Å². The molecule has 2 heterocycles. The molecule has 5 nitrogen and oxygen atoms in total. The number of nitriles is 1. The highest BCUT2D eigenvalue weighted by atomic mass is 35.5. The topological polar surface area (TPSA) is 57.7 Å². The average Bonchev–Trinajstić information content (AvgIpc) is 3.04. The van der Waals surface area contributed by atoms with Crippen LogP contribution in [0.2, 0.25) is 10.0 Å². The summed E-state index contributed by atoms with van der Waals surface area (Å²) in [4.78, 5) is 5.27. The normalized spacial score (nSPS) is 11.6. The number of aromatic nitrogens is 3. The van der Waals surface area contributed by atoms with Crippen LogP contribution in [-0.4, -0.2) is 27.6 Å². The van der Waals surface area contributed by atoms with Crippen molar-refractivity contribution >= 4 is 46.6 Å². The number of halogens is 7. The molecular formula is C18H10Cl2F5N5S. The van der Waals surface area contributed by atoms with E-state index in [-0.39, 0.29) is 33.9 Å². The first-order chi connectivity index (χ1) is 14.5. The molecule has 0 saturated carbocycles. The highest BCUT2D eigenvalue weighted by Gasteiger charge is 2.34. The van der Waals surface area contributed by atoms with Crippen molar-refractivity contribution in [3.8, 4) is 11.8 Å². The largest absolute Gasteiger partial charge is 0.416 e. The van der Waals surface area contributed by atoms with E-state index in [0.717, 1.165) is 4.68 Å². The quantitative estimate of drug-likeness (QED) is 0.298. The summed E-state index contributed by atoms with van der Waals surface area (Å²) in [6.45, 7) is 0. The Morgan fingerprint density at radius 2 is 1.84 bits per heavy atom. The maximum absolute atomic E-state index is 13.2. The van der Waals surface area contributed by atoms with Crippen LogP contribution < -0.4 is 4.90 Å². The van der Waals surface area contributed by atoms with E-state index in [1.807, 2.05) is 0 Å². The molecule has 0 bridgehead atoms. The van der Waals surface area contributed by atoms with Crippen LogP contribution in [0.1, 0.15) is 11.3 Å². The number of thioether (sulfide) groups is 1. The predicted molar refractivity (Wildman–Crippen MR) is 107 cm³/mol. The Hall–Kier alpha value is -2.55. The maximum Gasteiger partial charge on any atom is 0.416 e. The predicted octanol–water partition coefficient (Wildman–Crippen LogP) is 6.55. The van der Waals surface area contributed by atoms with Crippen molar-refractivity contribution in [1.82, 2.24) is 14.8 Å². The monoisotopic (exact) mass is 493 g/mol. The van der Waals surface area contributed by atoms with Gasteiger partial charge < -0.3 is 4.90 Å². The summed E-state index contributed by atoms with van der Waals surface area (Å²) >= 11 is 12.2. The molecule has 0 unspecified atom stereocenters. The van der Waals surface area contributed by atoms with Gasteiger partial charge in [0.1, 0.15) is 17.6 Å². The van der Waals surface area contributed by atoms with Gasteiger partial charge in [0.05, 0.1) is 20.5 Å². The molecule has 0 aliphatic heterocycles. The standard InChI is InChI=1S/C18H10Cl2F5N5S/c1-29(13-4-2-3-5-27-13)16-15(31-17(21)22)12(8-26)28-30(16)14-10(19)6-9(7-11(14)20)18(23,24)25/h2-7,17H,1H3. The van der Waals surface area contributed by atoms with Crippen molar-refractivity contribution in [3.05, 3.63) is 57.8 Å². The second-order valence-electron chi connectivity index (χ2n) is 5.94. The molecule has 1 aromatic carbocycles. The minimum atomic E-state index is -4.71. The van der Waals surface area contributed by atoms with Gasteiger partial charge in [0.15, 0.2) is 11.5 Å². The number of rotatable bonds is 5. The fourth-order valence-electron chi connectivity index (χ4n) is 2.71. The van der Waals surface area contributed by atoms with Crippen LogP contribution in [0.3, 0.4) is 0 Å². The molecule has 3 aromatic rings. The first kappa shape index (κ1) is 23.1. The van der Waals surface area contributed by atoms with E-state index in [4.69, 9.17) is 23.2 Å². The Bertz CT molecular complexity index is 1120. The van der Waals surface area contributed by atoms with E-state index in [9.17, 15) is 27.2 Å². The fourth-order valence-corrected chi connectivity index (χ4v) is 4.06. The van der Waals surface area contributed by atoms with Crippen molar-refractivity contribution in [3.63, 3.8) is 0 Å². The van der Waals surface area contributed by atoms with Crippen molar-refractivity contribution in [2.45, 2.75) is 16.8 Å². The van der Waals surface area contributed by atoms with Crippen molar-refractivity contribution < 1.29 is 22.0 Å². The van der Waals surface area contributed by atoms with Gasteiger partial charge in [0, 0.05) is 13.2 Å². The number of pyridine rings is 1. The zero-order valence-corrected chi connectivity index (χ0v) is 17.7. The molecule has 0 aliphatic rings. The van der Waals surface area contributed by atoms with Crippen molar-refractivity contribution in [1.29, 1.82) is 5.26 Å². The zero-order chi connectivity index (χ0) is 22.9. The van der Waals surface area contributed by atoms with E-state index in [1.165, 1.54) is 18.1 Å². The summed E-state index contributed by atoms with van der Waals surface area (Å²) in [7, 11) is 1.47. The van der Waals surface area contributed by atoms with Gasteiger partial charge in [0.2, 0.25) is 0 Å². The van der Waals surface area contributed by atoms with Gasteiger partial charge in [-0.1, -0.05) is 29.3 Å². The molecule has 0 amide bonds. The lowest BCUT2D eigenvalue weighted by atomic mass is 10.2. The fraction of sp³-hybridized carbons (Fsp3) is 0.167.